The van der Waals surface area contributed by atoms with E-state index in [4.69, 9.17) is 0 Å². The number of likely N-dealkylation sites (tertiary alicyclic amines) is 1. The molecule has 0 bridgehead atoms. The number of aliphatic imine (C=N–C) groups is 1. The Morgan fingerprint density at radius 3 is 2.71 bits per heavy atom. The minimum absolute atomic E-state index is 0.145. The third-order valence-electron chi connectivity index (χ3n) is 6.72. The van der Waals surface area contributed by atoms with E-state index in [-0.39, 0.29) is 23.4 Å². The number of benzene rings is 2. The number of nitrogens with one attached hydrogen (secondary N) is 1. The molecule has 0 spiro atoms. The number of aromatic nitrogens is 1. The van der Waals surface area contributed by atoms with Crippen molar-refractivity contribution >= 4 is 28.6 Å². The van der Waals surface area contributed by atoms with Crippen molar-refractivity contribution < 1.29 is 9.18 Å². The average molecular weight is 468 g/mol. The van der Waals surface area contributed by atoms with Gasteiger partial charge in [-0.1, -0.05) is 6.08 Å². The number of halogens is 1. The predicted octanol–water partition coefficient (Wildman–Crippen LogP) is 5.31. The fraction of sp³-hybridized carbons (Fsp3) is 0.286. The van der Waals surface area contributed by atoms with Crippen LogP contribution in [0.25, 0.3) is 21.9 Å². The maximum atomic E-state index is 14.1. The van der Waals surface area contributed by atoms with Gasteiger partial charge in [-0.25, -0.2) is 4.39 Å². The molecule has 7 heteroatoms. The first-order chi connectivity index (χ1) is 17.0. The maximum absolute atomic E-state index is 14.1. The van der Waals surface area contributed by atoms with Gasteiger partial charge in [0.15, 0.2) is 0 Å². The summed E-state index contributed by atoms with van der Waals surface area (Å²) in [5, 5.41) is 14.9. The number of nitrogens with zero attached hydrogens (tertiary/aromatic N) is 4. The van der Waals surface area contributed by atoms with Crippen LogP contribution in [-0.2, 0) is 4.79 Å². The van der Waals surface area contributed by atoms with Gasteiger partial charge in [0.05, 0.1) is 17.6 Å². The normalized spacial score (nSPS) is 18.3. The zero-order valence-corrected chi connectivity index (χ0v) is 19.5. The molecule has 2 aliphatic heterocycles. The number of hydrogen-bond acceptors (Lipinski definition) is 5. The van der Waals surface area contributed by atoms with Crippen molar-refractivity contribution in [2.75, 3.05) is 18.4 Å². The molecule has 0 saturated carbocycles. The number of nitriles is 1. The van der Waals surface area contributed by atoms with Gasteiger partial charge in [-0.05, 0) is 79.1 Å². The monoisotopic (exact) mass is 467 g/mol. The van der Waals surface area contributed by atoms with Crippen LogP contribution in [0.3, 0.4) is 0 Å². The van der Waals surface area contributed by atoms with Crippen molar-refractivity contribution in [3.05, 3.63) is 71.9 Å². The summed E-state index contributed by atoms with van der Waals surface area (Å²) < 4.78 is 14.1. The first kappa shape index (κ1) is 22.7. The van der Waals surface area contributed by atoms with Crippen molar-refractivity contribution in [3.8, 4) is 17.2 Å². The van der Waals surface area contributed by atoms with Gasteiger partial charge < -0.3 is 10.2 Å². The molecule has 2 aromatic carbocycles. The van der Waals surface area contributed by atoms with Crippen LogP contribution in [0.1, 0.15) is 31.7 Å². The molecule has 1 aromatic heterocycles. The average Bonchev–Trinajstić information content (AvgIpc) is 2.88. The van der Waals surface area contributed by atoms with Crippen molar-refractivity contribution in [2.24, 2.45) is 10.9 Å². The van der Waals surface area contributed by atoms with E-state index >= 15 is 0 Å². The molecule has 5 rings (SSSR count). The number of amides is 1. The van der Waals surface area contributed by atoms with E-state index in [2.05, 4.69) is 15.3 Å². The molecule has 35 heavy (non-hydrogen) atoms. The highest BCUT2D eigenvalue weighted by molar-refractivity contribution is 5.97. The van der Waals surface area contributed by atoms with E-state index in [0.717, 1.165) is 40.6 Å². The van der Waals surface area contributed by atoms with Gasteiger partial charge in [-0.3, -0.25) is 14.8 Å². The number of piperidine rings is 1. The molecule has 0 radical (unpaired) electrons. The molecule has 1 N–H and O–H groups in total. The number of fused-ring (bicyclic) bond motifs is 1. The summed E-state index contributed by atoms with van der Waals surface area (Å²) in [6.45, 7) is 3.32. The molecule has 6 nitrogen and oxygen atoms in total. The molecule has 176 valence electrons. The standard InChI is InChI=1S/C28H26FN5O/c1-18-2-3-21(16-32-18)28(35)34-8-5-25(6-9-34)33-27-14-23(12-20-4-7-31-17-26(20)27)22-10-19(15-30)11-24(29)13-22/h2,4,7,10-14,16-17,21,25,33H,3,5-6,8-9H2,1H3. The fourth-order valence-corrected chi connectivity index (χ4v) is 4.79. The minimum atomic E-state index is -0.436. The van der Waals surface area contributed by atoms with Crippen LogP contribution in [0, 0.1) is 23.1 Å². The molecule has 3 aromatic rings. The molecule has 3 heterocycles. The van der Waals surface area contributed by atoms with Crippen LogP contribution >= 0.6 is 0 Å². The Kier molecular flexibility index (Phi) is 6.28. The lowest BCUT2D eigenvalue weighted by molar-refractivity contribution is -0.134. The summed E-state index contributed by atoms with van der Waals surface area (Å²) in [6.07, 6.45) is 9.72. The van der Waals surface area contributed by atoms with E-state index in [1.54, 1.807) is 18.5 Å². The number of carbonyl (C=O) groups is 1. The van der Waals surface area contributed by atoms with E-state index in [1.807, 2.05) is 48.4 Å². The number of allylic oxidation sites excluding steroid dienone is 2. The molecular formula is C28H26FN5O. The lowest BCUT2D eigenvalue weighted by Crippen LogP contribution is -2.45. The zero-order chi connectivity index (χ0) is 24.4. The highest BCUT2D eigenvalue weighted by Gasteiger charge is 2.28. The van der Waals surface area contributed by atoms with Gasteiger partial charge in [-0.15, -0.1) is 0 Å². The number of anilines is 1. The SMILES string of the molecule is CC1=CCC(C(=O)N2CCC(Nc3cc(-c4cc(F)cc(C#N)c4)cc4ccncc34)CC2)C=N1. The van der Waals surface area contributed by atoms with Gasteiger partial charge in [0.25, 0.3) is 0 Å². The summed E-state index contributed by atoms with van der Waals surface area (Å²) in [5.74, 6) is -0.458. The Morgan fingerprint density at radius 2 is 1.97 bits per heavy atom. The summed E-state index contributed by atoms with van der Waals surface area (Å²) in [5.41, 5.74) is 3.65. The third kappa shape index (κ3) is 4.92. The van der Waals surface area contributed by atoms with Crippen LogP contribution in [0.2, 0.25) is 0 Å². The van der Waals surface area contributed by atoms with E-state index in [1.165, 1.54) is 12.1 Å². The predicted molar refractivity (Wildman–Crippen MR) is 135 cm³/mol. The number of rotatable bonds is 4. The second-order valence-electron chi connectivity index (χ2n) is 9.17. The van der Waals surface area contributed by atoms with Gasteiger partial charge in [-0.2, -0.15) is 5.26 Å². The van der Waals surface area contributed by atoms with Crippen LogP contribution in [0.5, 0.6) is 0 Å². The van der Waals surface area contributed by atoms with Gasteiger partial charge in [0.1, 0.15) is 5.82 Å². The molecule has 1 amide bonds. The smallest absolute Gasteiger partial charge is 0.231 e. The lowest BCUT2D eigenvalue weighted by atomic mass is 9.97. The Balaban J connectivity index is 1.34. The fourth-order valence-electron chi connectivity index (χ4n) is 4.79. The molecule has 0 aliphatic carbocycles. The maximum Gasteiger partial charge on any atom is 0.231 e. The lowest BCUT2D eigenvalue weighted by Gasteiger charge is -2.34. The first-order valence-electron chi connectivity index (χ1n) is 11.9. The first-order valence-corrected chi connectivity index (χ1v) is 11.9. The molecule has 1 unspecified atom stereocenters. The van der Waals surface area contributed by atoms with Gasteiger partial charge in [0, 0.05) is 54.5 Å². The third-order valence-corrected chi connectivity index (χ3v) is 6.72. The summed E-state index contributed by atoms with van der Waals surface area (Å²) in [7, 11) is 0. The van der Waals surface area contributed by atoms with E-state index in [0.29, 0.717) is 25.1 Å². The summed E-state index contributed by atoms with van der Waals surface area (Å²) >= 11 is 0. The van der Waals surface area contributed by atoms with Crippen LogP contribution in [0.4, 0.5) is 10.1 Å². The van der Waals surface area contributed by atoms with E-state index < -0.39 is 5.82 Å². The molecule has 1 atom stereocenters. The van der Waals surface area contributed by atoms with Crippen LogP contribution < -0.4 is 5.32 Å². The van der Waals surface area contributed by atoms with E-state index in [9.17, 15) is 14.4 Å². The highest BCUT2D eigenvalue weighted by atomic mass is 19.1. The zero-order valence-electron chi connectivity index (χ0n) is 19.5. The van der Waals surface area contributed by atoms with Crippen molar-refractivity contribution in [1.82, 2.24) is 9.88 Å². The molecule has 1 fully saturated rings. The Morgan fingerprint density at radius 1 is 1.17 bits per heavy atom. The van der Waals surface area contributed by atoms with Gasteiger partial charge in [0.2, 0.25) is 5.91 Å². The second kappa shape index (κ2) is 9.67. The van der Waals surface area contributed by atoms with Crippen LogP contribution in [-0.4, -0.2) is 41.1 Å². The number of carbonyl (C=O) groups excluding carboxylic acids is 1. The van der Waals surface area contributed by atoms with Crippen molar-refractivity contribution in [1.29, 1.82) is 5.26 Å². The Bertz CT molecular complexity index is 1380. The van der Waals surface area contributed by atoms with Crippen LogP contribution in [0.15, 0.2) is 65.6 Å². The molecular weight excluding hydrogens is 441 g/mol. The quantitative estimate of drug-likeness (QED) is 0.564. The largest absolute Gasteiger partial charge is 0.382 e. The highest BCUT2D eigenvalue weighted by Crippen LogP contribution is 2.33. The summed E-state index contributed by atoms with van der Waals surface area (Å²) in [4.78, 5) is 23.4. The summed E-state index contributed by atoms with van der Waals surface area (Å²) in [6, 6.07) is 12.5. The van der Waals surface area contributed by atoms with Gasteiger partial charge >= 0.3 is 0 Å². The van der Waals surface area contributed by atoms with Crippen molar-refractivity contribution in [3.63, 3.8) is 0 Å². The second-order valence-corrected chi connectivity index (χ2v) is 9.17. The Hall–Kier alpha value is -4.05. The Labute approximate surface area is 203 Å². The number of hydrogen-bond donors (Lipinski definition) is 1. The molecule has 2 aliphatic rings. The minimum Gasteiger partial charge on any atom is -0.382 e. The number of pyridine rings is 1. The molecule has 1 saturated heterocycles. The topological polar surface area (TPSA) is 81.4 Å². The van der Waals surface area contributed by atoms with Crippen molar-refractivity contribution in [2.45, 2.75) is 32.2 Å².